The molecule has 34 heavy (non-hydrogen) atoms. The summed E-state index contributed by atoms with van der Waals surface area (Å²) in [5.41, 5.74) is 2.15. The van der Waals surface area contributed by atoms with Crippen molar-refractivity contribution in [3.05, 3.63) is 82.3 Å². The van der Waals surface area contributed by atoms with E-state index in [9.17, 15) is 13.2 Å². The minimum absolute atomic E-state index is 0.0336. The van der Waals surface area contributed by atoms with Crippen molar-refractivity contribution < 1.29 is 22.7 Å². The van der Waals surface area contributed by atoms with Crippen molar-refractivity contribution in [2.75, 3.05) is 25.1 Å². The molecular weight excluding hydrogens is 520 g/mol. The molecule has 0 saturated carbocycles. The van der Waals surface area contributed by atoms with Gasteiger partial charge in [0.1, 0.15) is 18.0 Å². The highest BCUT2D eigenvalue weighted by atomic mass is 79.9. The normalized spacial score (nSPS) is 12.0. The smallest absolute Gasteiger partial charge is 0.264 e. The van der Waals surface area contributed by atoms with E-state index in [0.717, 1.165) is 15.4 Å². The van der Waals surface area contributed by atoms with Crippen molar-refractivity contribution in [1.82, 2.24) is 5.32 Å². The lowest BCUT2D eigenvalue weighted by Gasteiger charge is -2.25. The van der Waals surface area contributed by atoms with Crippen molar-refractivity contribution in [2.45, 2.75) is 24.8 Å². The zero-order chi connectivity index (χ0) is 24.9. The van der Waals surface area contributed by atoms with E-state index < -0.39 is 22.5 Å². The van der Waals surface area contributed by atoms with Crippen LogP contribution < -0.4 is 19.1 Å². The van der Waals surface area contributed by atoms with Crippen LogP contribution in [0.2, 0.25) is 0 Å². The van der Waals surface area contributed by atoms with Crippen LogP contribution in [0.1, 0.15) is 24.1 Å². The number of nitrogens with one attached hydrogen (secondary N) is 1. The summed E-state index contributed by atoms with van der Waals surface area (Å²) in [6.07, 6.45) is 0. The Labute approximate surface area is 208 Å². The molecule has 0 spiro atoms. The fraction of sp³-hybridized carbons (Fsp3) is 0.240. The third-order valence-electron chi connectivity index (χ3n) is 5.30. The summed E-state index contributed by atoms with van der Waals surface area (Å²) in [4.78, 5) is 13.1. The number of carbonyl (C=O) groups excluding carboxylic acids is 1. The predicted molar refractivity (Wildman–Crippen MR) is 136 cm³/mol. The SMILES string of the molecule is COc1ccc(S(=O)(=O)N(CC(=O)N[C@@H](C)c2ccccc2OC)c2ccc(C)cc2)cc1Br. The molecule has 0 fully saturated rings. The molecule has 1 atom stereocenters. The molecule has 0 aliphatic heterocycles. The first-order valence-corrected chi connectivity index (χ1v) is 12.8. The number of amides is 1. The maximum absolute atomic E-state index is 13.6. The third-order valence-corrected chi connectivity index (χ3v) is 7.69. The van der Waals surface area contributed by atoms with Crippen LogP contribution in [-0.4, -0.2) is 35.1 Å². The van der Waals surface area contributed by atoms with Gasteiger partial charge in [0.25, 0.3) is 10.0 Å². The van der Waals surface area contributed by atoms with E-state index in [1.165, 1.54) is 19.2 Å². The number of nitrogens with zero attached hydrogens (tertiary/aromatic N) is 1. The molecule has 0 saturated heterocycles. The minimum Gasteiger partial charge on any atom is -0.496 e. The lowest BCUT2D eigenvalue weighted by atomic mass is 10.1. The number of aryl methyl sites for hydroxylation is 1. The highest BCUT2D eigenvalue weighted by Crippen LogP contribution is 2.31. The zero-order valence-electron chi connectivity index (χ0n) is 19.4. The van der Waals surface area contributed by atoms with Gasteiger partial charge in [-0.1, -0.05) is 35.9 Å². The van der Waals surface area contributed by atoms with Gasteiger partial charge in [-0.15, -0.1) is 0 Å². The number of hydrogen-bond acceptors (Lipinski definition) is 5. The van der Waals surface area contributed by atoms with Crippen LogP contribution in [0.25, 0.3) is 0 Å². The molecule has 0 heterocycles. The average molecular weight is 547 g/mol. The van der Waals surface area contributed by atoms with Gasteiger partial charge >= 0.3 is 0 Å². The lowest BCUT2D eigenvalue weighted by Crippen LogP contribution is -2.41. The van der Waals surface area contributed by atoms with E-state index in [1.54, 1.807) is 37.4 Å². The number of rotatable bonds is 9. The predicted octanol–water partition coefficient (Wildman–Crippen LogP) is 4.85. The summed E-state index contributed by atoms with van der Waals surface area (Å²) in [6, 6.07) is 18.4. The van der Waals surface area contributed by atoms with Crippen LogP contribution >= 0.6 is 15.9 Å². The zero-order valence-corrected chi connectivity index (χ0v) is 21.8. The number of anilines is 1. The topological polar surface area (TPSA) is 84.9 Å². The average Bonchev–Trinajstić information content (AvgIpc) is 2.83. The van der Waals surface area contributed by atoms with Crippen LogP contribution in [-0.2, 0) is 14.8 Å². The van der Waals surface area contributed by atoms with Crippen molar-refractivity contribution >= 4 is 37.5 Å². The van der Waals surface area contributed by atoms with E-state index in [0.29, 0.717) is 21.7 Å². The van der Waals surface area contributed by atoms with Crippen LogP contribution in [0.3, 0.4) is 0 Å². The number of sulfonamides is 1. The molecule has 1 amide bonds. The van der Waals surface area contributed by atoms with Crippen molar-refractivity contribution in [2.24, 2.45) is 0 Å². The van der Waals surface area contributed by atoms with Gasteiger partial charge < -0.3 is 14.8 Å². The van der Waals surface area contributed by atoms with Crippen LogP contribution in [0, 0.1) is 6.92 Å². The molecule has 0 bridgehead atoms. The first kappa shape index (κ1) is 25.6. The fourth-order valence-corrected chi connectivity index (χ4v) is 5.62. The minimum atomic E-state index is -4.06. The molecule has 7 nitrogen and oxygen atoms in total. The molecule has 3 aromatic rings. The summed E-state index contributed by atoms with van der Waals surface area (Å²) in [7, 11) is -0.999. The number of methoxy groups -OCH3 is 2. The number of hydrogen-bond donors (Lipinski definition) is 1. The Kier molecular flexibility index (Phi) is 8.22. The van der Waals surface area contributed by atoms with E-state index in [-0.39, 0.29) is 10.9 Å². The fourth-order valence-electron chi connectivity index (χ4n) is 3.48. The Morgan fingerprint density at radius 1 is 1.00 bits per heavy atom. The van der Waals surface area contributed by atoms with Gasteiger partial charge in [-0.2, -0.15) is 0 Å². The molecule has 0 aliphatic rings. The second-order valence-electron chi connectivity index (χ2n) is 7.67. The van der Waals surface area contributed by atoms with Gasteiger partial charge in [-0.05, 0) is 66.2 Å². The summed E-state index contributed by atoms with van der Waals surface area (Å²) in [6.45, 7) is 3.33. The van der Waals surface area contributed by atoms with Crippen LogP contribution in [0.5, 0.6) is 11.5 Å². The quantitative estimate of drug-likeness (QED) is 0.414. The molecule has 180 valence electrons. The Hall–Kier alpha value is -3.04. The molecule has 9 heteroatoms. The molecular formula is C25H27BrN2O5S. The van der Waals surface area contributed by atoms with Crippen LogP contribution in [0.15, 0.2) is 76.1 Å². The second kappa shape index (κ2) is 10.9. The van der Waals surface area contributed by atoms with Crippen molar-refractivity contribution in [3.63, 3.8) is 0 Å². The molecule has 3 aromatic carbocycles. The number of halogens is 1. The standard InChI is InChI=1S/C25H27BrN2O5S/c1-17-9-11-19(12-10-17)28(34(30,31)20-13-14-24(33-4)22(26)15-20)16-25(29)27-18(2)21-7-5-6-8-23(21)32-3/h5-15,18H,16H2,1-4H3,(H,27,29)/t18-/m0/s1. The lowest BCUT2D eigenvalue weighted by molar-refractivity contribution is -0.120. The summed E-state index contributed by atoms with van der Waals surface area (Å²) in [5.74, 6) is 0.695. The Morgan fingerprint density at radius 2 is 1.65 bits per heavy atom. The van der Waals surface area contributed by atoms with E-state index in [1.807, 2.05) is 38.1 Å². The Morgan fingerprint density at radius 3 is 2.26 bits per heavy atom. The summed E-state index contributed by atoms with van der Waals surface area (Å²) in [5, 5.41) is 2.88. The molecule has 3 rings (SSSR count). The highest BCUT2D eigenvalue weighted by Gasteiger charge is 2.28. The van der Waals surface area contributed by atoms with Crippen LogP contribution in [0.4, 0.5) is 5.69 Å². The second-order valence-corrected chi connectivity index (χ2v) is 10.4. The van der Waals surface area contributed by atoms with E-state index >= 15 is 0 Å². The molecule has 0 unspecified atom stereocenters. The van der Waals surface area contributed by atoms with Crippen molar-refractivity contribution in [3.8, 4) is 11.5 Å². The summed E-state index contributed by atoms with van der Waals surface area (Å²) < 4.78 is 39.4. The first-order valence-electron chi connectivity index (χ1n) is 10.5. The van der Waals surface area contributed by atoms with E-state index in [2.05, 4.69) is 21.2 Å². The number of para-hydroxylation sites is 1. The number of benzene rings is 3. The van der Waals surface area contributed by atoms with Gasteiger partial charge in [-0.25, -0.2) is 8.42 Å². The Bertz CT molecular complexity index is 1260. The maximum Gasteiger partial charge on any atom is 0.264 e. The van der Waals surface area contributed by atoms with Gasteiger partial charge in [0.2, 0.25) is 5.91 Å². The maximum atomic E-state index is 13.6. The van der Waals surface area contributed by atoms with Gasteiger partial charge in [0.15, 0.2) is 0 Å². The third kappa shape index (κ3) is 5.71. The largest absolute Gasteiger partial charge is 0.496 e. The first-order chi connectivity index (χ1) is 16.2. The van der Waals surface area contributed by atoms with Gasteiger partial charge in [0.05, 0.1) is 35.3 Å². The number of ether oxygens (including phenoxy) is 2. The Balaban J connectivity index is 1.93. The summed E-state index contributed by atoms with van der Waals surface area (Å²) >= 11 is 3.34. The van der Waals surface area contributed by atoms with Gasteiger partial charge in [-0.3, -0.25) is 9.10 Å². The van der Waals surface area contributed by atoms with E-state index in [4.69, 9.17) is 9.47 Å². The van der Waals surface area contributed by atoms with Crippen molar-refractivity contribution in [1.29, 1.82) is 0 Å². The molecule has 1 N–H and O–H groups in total. The number of carbonyl (C=O) groups is 1. The monoisotopic (exact) mass is 546 g/mol. The molecule has 0 radical (unpaired) electrons. The molecule has 0 aromatic heterocycles. The highest BCUT2D eigenvalue weighted by molar-refractivity contribution is 9.10. The van der Waals surface area contributed by atoms with Gasteiger partial charge in [0, 0.05) is 5.56 Å². The molecule has 0 aliphatic carbocycles.